The average molecular weight is 532 g/mol. The summed E-state index contributed by atoms with van der Waals surface area (Å²) in [6.07, 6.45) is 15.4. The van der Waals surface area contributed by atoms with E-state index in [4.69, 9.17) is 11.6 Å². The van der Waals surface area contributed by atoms with Crippen LogP contribution >= 0.6 is 12.4 Å². The predicted molar refractivity (Wildman–Crippen MR) is 147 cm³/mol. The minimum atomic E-state index is -0.633. The molecule has 6 rings (SSSR count). The Morgan fingerprint density at radius 1 is 1.03 bits per heavy atom. The molecule has 1 aromatic heterocycles. The van der Waals surface area contributed by atoms with Gasteiger partial charge in [-0.25, -0.2) is 15.4 Å². The summed E-state index contributed by atoms with van der Waals surface area (Å²) >= 11 is 0. The van der Waals surface area contributed by atoms with E-state index in [2.05, 4.69) is 21.4 Å². The van der Waals surface area contributed by atoms with Gasteiger partial charge in [0.05, 0.1) is 17.3 Å². The molecule has 11 heteroatoms. The summed E-state index contributed by atoms with van der Waals surface area (Å²) in [6, 6.07) is 2.66. The third kappa shape index (κ3) is 3.83. The maximum Gasteiger partial charge on any atom is 0.323 e. The van der Waals surface area contributed by atoms with E-state index in [-0.39, 0.29) is 30.3 Å². The highest BCUT2D eigenvalue weighted by molar-refractivity contribution is 6.07. The number of nitrogens with two attached hydrogens (primary N) is 2. The van der Waals surface area contributed by atoms with Gasteiger partial charge >= 0.3 is 6.03 Å². The lowest BCUT2D eigenvalue weighted by molar-refractivity contribution is 0.0952. The van der Waals surface area contributed by atoms with E-state index in [1.165, 1.54) is 4.57 Å². The maximum absolute atomic E-state index is 13.0. The van der Waals surface area contributed by atoms with Crippen molar-refractivity contribution in [3.63, 3.8) is 0 Å². The van der Waals surface area contributed by atoms with Gasteiger partial charge in [-0.2, -0.15) is 0 Å². The van der Waals surface area contributed by atoms with Crippen molar-refractivity contribution in [3.8, 4) is 0 Å². The first-order valence-electron chi connectivity index (χ1n) is 12.0. The van der Waals surface area contributed by atoms with Gasteiger partial charge in [0.15, 0.2) is 0 Å². The van der Waals surface area contributed by atoms with Crippen LogP contribution in [-0.4, -0.2) is 41.6 Å². The summed E-state index contributed by atoms with van der Waals surface area (Å²) in [4.78, 5) is 37.2. The summed E-state index contributed by atoms with van der Waals surface area (Å²) in [7, 11) is 0. The van der Waals surface area contributed by atoms with Crippen molar-refractivity contribution in [1.82, 2.24) is 25.9 Å². The highest BCUT2D eigenvalue weighted by Gasteiger charge is 2.34. The van der Waals surface area contributed by atoms with Gasteiger partial charge in [0, 0.05) is 35.9 Å². The molecule has 4 heterocycles. The smallest absolute Gasteiger partial charge is 0.323 e. The van der Waals surface area contributed by atoms with Crippen LogP contribution in [0.3, 0.4) is 0 Å². The minimum Gasteiger partial charge on any atom is -0.390 e. The first kappa shape index (κ1) is 25.2. The largest absolute Gasteiger partial charge is 0.390 e. The number of allylic oxidation sites excluding steroid dienone is 3. The molecular weight excluding hydrogens is 506 g/mol. The van der Waals surface area contributed by atoms with Crippen molar-refractivity contribution in [2.24, 2.45) is 11.6 Å². The molecule has 1 aliphatic carbocycles. The predicted octanol–water partition coefficient (Wildman–Crippen LogP) is 1.56. The normalized spacial score (nSPS) is 22.6. The Balaban J connectivity index is 0.00000294. The fourth-order valence-corrected chi connectivity index (χ4v) is 5.74. The van der Waals surface area contributed by atoms with Crippen molar-refractivity contribution in [2.45, 2.75) is 17.9 Å². The number of carbonyl (C=O) groups excluding carboxylic acids is 3. The molecule has 1 aromatic carbocycles. The molecule has 3 unspecified atom stereocenters. The quantitative estimate of drug-likeness (QED) is 0.151. The molecule has 0 spiro atoms. The fraction of sp³-hybridized carbons (Fsp3) is 0.185. The van der Waals surface area contributed by atoms with E-state index in [9.17, 15) is 14.4 Å². The van der Waals surface area contributed by atoms with Gasteiger partial charge in [-0.1, -0.05) is 24.3 Å². The van der Waals surface area contributed by atoms with Gasteiger partial charge in [0.25, 0.3) is 5.91 Å². The number of hydrazine groups is 1. The summed E-state index contributed by atoms with van der Waals surface area (Å²) in [5, 5.41) is 10.4. The number of hydrogen-bond acceptors (Lipinski definition) is 7. The van der Waals surface area contributed by atoms with Crippen molar-refractivity contribution < 1.29 is 14.4 Å². The Morgan fingerprint density at radius 3 is 2.34 bits per heavy atom. The maximum atomic E-state index is 13.0. The topological polar surface area (TPSA) is 156 Å². The SMILES string of the molecule is Cl.NNC(=O)c1ccc2c(c1C1C=CNC1)c(C1C=CNC1)c(C1=CC3=CC(=C=O)NC3C=C1)n2C(N)=O. The standard InChI is InChI=1S/C27H25N7O3.ClH/c28-27(37)34-21-4-2-19(26(36)33-29)22(15-5-7-30-11-15)24(21)23(16-6-8-31-12-16)25(34)14-1-3-20-17(9-14)10-18(13-35)32-20;/h1-10,15-16,20,30-32H,11-12,29H2,(H2,28,37)(H,33,36);1H. The molecule has 0 fully saturated rings. The zero-order chi connectivity index (χ0) is 25.7. The van der Waals surface area contributed by atoms with Crippen LogP contribution in [0.5, 0.6) is 0 Å². The third-order valence-corrected chi connectivity index (χ3v) is 7.27. The van der Waals surface area contributed by atoms with Crippen molar-refractivity contribution >= 4 is 46.8 Å². The molecule has 38 heavy (non-hydrogen) atoms. The van der Waals surface area contributed by atoms with Gasteiger partial charge < -0.3 is 21.7 Å². The van der Waals surface area contributed by atoms with Crippen LogP contribution in [-0.2, 0) is 4.79 Å². The van der Waals surface area contributed by atoms with E-state index in [0.717, 1.165) is 27.7 Å². The van der Waals surface area contributed by atoms with Gasteiger partial charge in [-0.05, 0) is 59.0 Å². The number of nitrogens with one attached hydrogen (secondary N) is 4. The molecule has 194 valence electrons. The molecule has 2 amide bonds. The van der Waals surface area contributed by atoms with Crippen LogP contribution in [0.25, 0.3) is 16.5 Å². The molecule has 0 saturated carbocycles. The molecule has 0 saturated heterocycles. The number of carbonyl (C=O) groups is 2. The zero-order valence-corrected chi connectivity index (χ0v) is 21.0. The van der Waals surface area contributed by atoms with Gasteiger partial charge in [-0.15, -0.1) is 12.4 Å². The van der Waals surface area contributed by atoms with Crippen LogP contribution in [0.4, 0.5) is 4.79 Å². The highest BCUT2D eigenvalue weighted by Crippen LogP contribution is 2.44. The van der Waals surface area contributed by atoms with Crippen LogP contribution in [0.15, 0.2) is 72.3 Å². The average Bonchev–Trinajstić information content (AvgIpc) is 3.71. The number of rotatable bonds is 4. The van der Waals surface area contributed by atoms with E-state index < -0.39 is 11.9 Å². The van der Waals surface area contributed by atoms with Crippen LogP contribution in [0.1, 0.15) is 39.0 Å². The lowest BCUT2D eigenvalue weighted by atomic mass is 9.85. The number of aromatic nitrogens is 1. The Bertz CT molecular complexity index is 1570. The Hall–Kier alpha value is -4.50. The molecular formula is C27H26ClN7O3. The molecule has 4 aliphatic rings. The van der Waals surface area contributed by atoms with Gasteiger partial charge in [-0.3, -0.25) is 14.8 Å². The second kappa shape index (κ2) is 9.75. The van der Waals surface area contributed by atoms with Crippen molar-refractivity contribution in [1.29, 1.82) is 0 Å². The number of benzene rings is 1. The number of primary amides is 1. The second-order valence-electron chi connectivity index (χ2n) is 9.32. The fourth-order valence-electron chi connectivity index (χ4n) is 5.74. The minimum absolute atomic E-state index is 0. The first-order chi connectivity index (χ1) is 18.0. The van der Waals surface area contributed by atoms with Crippen molar-refractivity contribution in [2.75, 3.05) is 13.1 Å². The molecule has 0 radical (unpaired) electrons. The second-order valence-corrected chi connectivity index (χ2v) is 9.32. The third-order valence-electron chi connectivity index (χ3n) is 7.27. The summed E-state index contributed by atoms with van der Waals surface area (Å²) in [5.41, 5.74) is 13.7. The number of hydrogen-bond donors (Lipinski definition) is 6. The lowest BCUT2D eigenvalue weighted by Gasteiger charge is -2.20. The van der Waals surface area contributed by atoms with E-state index in [1.54, 1.807) is 18.2 Å². The molecule has 3 aliphatic heterocycles. The molecule has 8 N–H and O–H groups in total. The van der Waals surface area contributed by atoms with Crippen LogP contribution in [0, 0.1) is 0 Å². The summed E-state index contributed by atoms with van der Waals surface area (Å²) in [5.74, 6) is 6.84. The zero-order valence-electron chi connectivity index (χ0n) is 20.2. The number of nitrogen functional groups attached to an aromatic ring is 1. The van der Waals surface area contributed by atoms with Crippen LogP contribution < -0.4 is 33.0 Å². The Morgan fingerprint density at radius 2 is 1.74 bits per heavy atom. The van der Waals surface area contributed by atoms with Crippen LogP contribution in [0.2, 0.25) is 0 Å². The summed E-state index contributed by atoms with van der Waals surface area (Å²) < 4.78 is 1.52. The highest BCUT2D eigenvalue weighted by atomic mass is 35.5. The molecule has 10 nitrogen and oxygen atoms in total. The summed E-state index contributed by atoms with van der Waals surface area (Å²) in [6.45, 7) is 1.22. The van der Waals surface area contributed by atoms with E-state index in [0.29, 0.717) is 35.6 Å². The number of fused-ring (bicyclic) bond motifs is 2. The van der Waals surface area contributed by atoms with Gasteiger partial charge in [0.1, 0.15) is 11.6 Å². The molecule has 2 aromatic rings. The Kier molecular flexibility index (Phi) is 6.46. The Labute approximate surface area is 224 Å². The van der Waals surface area contributed by atoms with Crippen molar-refractivity contribution in [3.05, 3.63) is 94.6 Å². The number of amides is 2. The van der Waals surface area contributed by atoms with E-state index >= 15 is 0 Å². The number of nitrogens with zero attached hydrogens (tertiary/aromatic N) is 1. The first-order valence-corrected chi connectivity index (χ1v) is 12.0. The lowest BCUT2D eigenvalue weighted by Crippen LogP contribution is -2.31. The molecule has 0 bridgehead atoms. The van der Waals surface area contributed by atoms with Gasteiger partial charge in [0.2, 0.25) is 0 Å². The van der Waals surface area contributed by atoms with E-state index in [1.807, 2.05) is 48.7 Å². The molecule has 3 atom stereocenters. The number of halogens is 1. The monoisotopic (exact) mass is 531 g/mol.